The maximum atomic E-state index is 13.1. The largest absolute Gasteiger partial charge is 0.371 e. The summed E-state index contributed by atoms with van der Waals surface area (Å²) in [5, 5.41) is 3.32. The monoisotopic (exact) mass is 325 g/mol. The van der Waals surface area contributed by atoms with Crippen molar-refractivity contribution in [2.24, 2.45) is 0 Å². The predicted octanol–water partition coefficient (Wildman–Crippen LogP) is 3.09. The van der Waals surface area contributed by atoms with Gasteiger partial charge in [0.1, 0.15) is 0 Å². The number of pyridine rings is 1. The second-order valence-corrected chi connectivity index (χ2v) is 6.61. The molecule has 3 nitrogen and oxygen atoms in total. The van der Waals surface area contributed by atoms with Gasteiger partial charge in [-0.25, -0.2) is 0 Å². The van der Waals surface area contributed by atoms with Crippen LogP contribution in [-0.4, -0.2) is 16.8 Å². The van der Waals surface area contributed by atoms with Crippen molar-refractivity contribution < 1.29 is 9.36 Å². The molecule has 118 valence electrons. The standard InChI is InChI=1S/C19H20N2OS/c1-13-6-7-15(12-14(13)2)18(22)17(19(23)20-16-8-9-16)21-10-4-3-5-11-21/h3-7,10-12,16-17H,8-9H2,1-2H3/p+1/t17-/m0/s1. The summed E-state index contributed by atoms with van der Waals surface area (Å²) in [5.41, 5.74) is 3.01. The van der Waals surface area contributed by atoms with Gasteiger partial charge in [-0.15, -0.1) is 0 Å². The summed E-state index contributed by atoms with van der Waals surface area (Å²) in [4.78, 5) is 13.7. The number of nitrogens with zero attached hydrogens (tertiary/aromatic N) is 1. The molecule has 1 aromatic heterocycles. The first-order chi connectivity index (χ1) is 11.1. The van der Waals surface area contributed by atoms with Crippen LogP contribution in [0.4, 0.5) is 0 Å². The van der Waals surface area contributed by atoms with E-state index in [1.54, 1.807) is 0 Å². The minimum atomic E-state index is -0.492. The summed E-state index contributed by atoms with van der Waals surface area (Å²) in [5.74, 6) is 0.0300. The second kappa shape index (κ2) is 6.59. The van der Waals surface area contributed by atoms with E-state index < -0.39 is 6.04 Å². The van der Waals surface area contributed by atoms with Crippen LogP contribution >= 0.6 is 12.2 Å². The molecule has 0 spiro atoms. The van der Waals surface area contributed by atoms with Crippen LogP contribution < -0.4 is 9.88 Å². The number of aromatic nitrogens is 1. The lowest BCUT2D eigenvalue weighted by atomic mass is 9.99. The van der Waals surface area contributed by atoms with Crippen molar-refractivity contribution in [1.29, 1.82) is 0 Å². The number of carbonyl (C=O) groups excluding carboxylic acids is 1. The van der Waals surface area contributed by atoms with E-state index in [4.69, 9.17) is 12.2 Å². The lowest BCUT2D eigenvalue weighted by molar-refractivity contribution is -0.692. The minimum Gasteiger partial charge on any atom is -0.371 e. The normalized spacial score (nSPS) is 15.0. The van der Waals surface area contributed by atoms with Gasteiger partial charge in [0.25, 0.3) is 6.04 Å². The number of rotatable bonds is 5. The highest BCUT2D eigenvalue weighted by Crippen LogP contribution is 2.21. The van der Waals surface area contributed by atoms with E-state index in [2.05, 4.69) is 5.32 Å². The zero-order valence-corrected chi connectivity index (χ0v) is 14.3. The van der Waals surface area contributed by atoms with Crippen LogP contribution in [0.2, 0.25) is 0 Å². The Morgan fingerprint density at radius 2 is 1.87 bits per heavy atom. The maximum absolute atomic E-state index is 13.1. The van der Waals surface area contributed by atoms with Gasteiger partial charge in [-0.1, -0.05) is 30.4 Å². The highest BCUT2D eigenvalue weighted by molar-refractivity contribution is 7.80. The lowest BCUT2D eigenvalue weighted by Crippen LogP contribution is -2.51. The predicted molar refractivity (Wildman–Crippen MR) is 94.7 cm³/mol. The van der Waals surface area contributed by atoms with Crippen molar-refractivity contribution in [3.05, 3.63) is 65.5 Å². The van der Waals surface area contributed by atoms with Crippen LogP contribution in [0.15, 0.2) is 48.8 Å². The van der Waals surface area contributed by atoms with E-state index >= 15 is 0 Å². The Morgan fingerprint density at radius 3 is 2.48 bits per heavy atom. The second-order valence-electron chi connectivity index (χ2n) is 6.17. The molecule has 1 aliphatic carbocycles. The Morgan fingerprint density at radius 1 is 1.17 bits per heavy atom. The van der Waals surface area contributed by atoms with Crippen LogP contribution in [0.25, 0.3) is 0 Å². The summed E-state index contributed by atoms with van der Waals surface area (Å²) < 4.78 is 1.88. The van der Waals surface area contributed by atoms with Crippen LogP contribution in [0.1, 0.15) is 40.4 Å². The molecule has 1 fully saturated rings. The van der Waals surface area contributed by atoms with Crippen molar-refractivity contribution in [2.75, 3.05) is 0 Å². The summed E-state index contributed by atoms with van der Waals surface area (Å²) in [6.45, 7) is 4.07. The molecule has 2 aromatic rings. The smallest absolute Gasteiger partial charge is 0.270 e. The maximum Gasteiger partial charge on any atom is 0.270 e. The zero-order chi connectivity index (χ0) is 16.4. The molecular weight excluding hydrogens is 304 g/mol. The van der Waals surface area contributed by atoms with Crippen molar-refractivity contribution in [3.63, 3.8) is 0 Å². The molecule has 0 saturated heterocycles. The summed E-state index contributed by atoms with van der Waals surface area (Å²) >= 11 is 5.56. The van der Waals surface area contributed by atoms with Gasteiger partial charge in [-0.05, 0) is 43.9 Å². The quantitative estimate of drug-likeness (QED) is 0.521. The minimum absolute atomic E-state index is 0.0300. The van der Waals surface area contributed by atoms with Crippen LogP contribution in [-0.2, 0) is 0 Å². The Balaban J connectivity index is 1.94. The molecular formula is C19H21N2OS+. The Kier molecular flexibility index (Phi) is 4.53. The number of aryl methyl sites for hydroxylation is 2. The van der Waals surface area contributed by atoms with Gasteiger partial charge in [0.15, 0.2) is 17.4 Å². The van der Waals surface area contributed by atoms with E-state index in [0.717, 1.165) is 18.4 Å². The molecule has 0 unspecified atom stereocenters. The van der Waals surface area contributed by atoms with Crippen molar-refractivity contribution in [3.8, 4) is 0 Å². The van der Waals surface area contributed by atoms with Gasteiger partial charge in [0.05, 0.1) is 0 Å². The summed E-state index contributed by atoms with van der Waals surface area (Å²) in [6, 6.07) is 11.5. The Hall–Kier alpha value is -2.07. The van der Waals surface area contributed by atoms with Gasteiger partial charge in [0.2, 0.25) is 5.78 Å². The molecule has 0 bridgehead atoms. The fourth-order valence-corrected chi connectivity index (χ4v) is 2.93. The average Bonchev–Trinajstić information content (AvgIpc) is 3.35. The number of nitrogens with one attached hydrogen (secondary N) is 1. The van der Waals surface area contributed by atoms with E-state index in [0.29, 0.717) is 16.6 Å². The average molecular weight is 325 g/mol. The van der Waals surface area contributed by atoms with Crippen molar-refractivity contribution in [2.45, 2.75) is 38.8 Å². The highest BCUT2D eigenvalue weighted by atomic mass is 32.1. The highest BCUT2D eigenvalue weighted by Gasteiger charge is 2.35. The molecule has 0 aliphatic heterocycles. The van der Waals surface area contributed by atoms with E-state index in [-0.39, 0.29) is 5.78 Å². The van der Waals surface area contributed by atoms with Crippen molar-refractivity contribution in [1.82, 2.24) is 5.32 Å². The first-order valence-electron chi connectivity index (χ1n) is 7.94. The molecule has 0 amide bonds. The third-order valence-corrected chi connectivity index (χ3v) is 4.59. The van der Waals surface area contributed by atoms with E-state index in [1.807, 2.05) is 67.2 Å². The van der Waals surface area contributed by atoms with Crippen LogP contribution in [0.3, 0.4) is 0 Å². The third kappa shape index (κ3) is 3.64. The molecule has 1 saturated carbocycles. The van der Waals surface area contributed by atoms with Crippen molar-refractivity contribution >= 4 is 23.0 Å². The molecule has 23 heavy (non-hydrogen) atoms. The summed E-state index contributed by atoms with van der Waals surface area (Å²) in [7, 11) is 0. The Labute approximate surface area is 142 Å². The van der Waals surface area contributed by atoms with Crippen LogP contribution in [0, 0.1) is 13.8 Å². The lowest BCUT2D eigenvalue weighted by Gasteiger charge is -2.15. The topological polar surface area (TPSA) is 33.0 Å². The zero-order valence-electron chi connectivity index (χ0n) is 13.5. The van der Waals surface area contributed by atoms with Gasteiger partial charge >= 0.3 is 0 Å². The Bertz CT molecular complexity index is 738. The first kappa shape index (κ1) is 15.8. The number of Topliss-reactive ketones (excluding diaryl/α,β-unsaturated/α-hetero) is 1. The summed E-state index contributed by atoms with van der Waals surface area (Å²) in [6.07, 6.45) is 6.04. The fourth-order valence-electron chi connectivity index (χ4n) is 2.53. The van der Waals surface area contributed by atoms with Gasteiger partial charge < -0.3 is 5.32 Å². The number of hydrogen-bond acceptors (Lipinski definition) is 2. The van der Waals surface area contributed by atoms with Gasteiger partial charge in [-0.2, -0.15) is 4.57 Å². The molecule has 0 radical (unpaired) electrons. The van der Waals surface area contributed by atoms with Crippen LogP contribution in [0.5, 0.6) is 0 Å². The number of hydrogen-bond donors (Lipinski definition) is 1. The molecule has 1 N–H and O–H groups in total. The SMILES string of the molecule is Cc1ccc(C(=O)[C@@H](C(=S)NC2CC2)[n+]2ccccc2)cc1C. The third-order valence-electron chi connectivity index (χ3n) is 4.25. The molecule has 1 atom stereocenters. The molecule has 1 aliphatic rings. The fraction of sp³-hybridized carbons (Fsp3) is 0.316. The van der Waals surface area contributed by atoms with E-state index in [9.17, 15) is 4.79 Å². The molecule has 4 heteroatoms. The van der Waals surface area contributed by atoms with E-state index in [1.165, 1.54) is 5.56 Å². The molecule has 1 heterocycles. The number of benzene rings is 1. The number of ketones is 1. The van der Waals surface area contributed by atoms with Gasteiger partial charge in [-0.3, -0.25) is 4.79 Å². The molecule has 3 rings (SSSR count). The van der Waals surface area contributed by atoms with Gasteiger partial charge in [0, 0.05) is 23.7 Å². The molecule has 1 aromatic carbocycles. The number of carbonyl (C=O) groups is 1. The number of thiocarbonyl (C=S) groups is 1. The first-order valence-corrected chi connectivity index (χ1v) is 8.34.